The van der Waals surface area contributed by atoms with Gasteiger partial charge in [-0.05, 0) is 42.0 Å². The Morgan fingerprint density at radius 3 is 2.59 bits per heavy atom. The number of halogens is 1. The van der Waals surface area contributed by atoms with E-state index in [2.05, 4.69) is 10.4 Å². The molecule has 0 bridgehead atoms. The molecule has 27 heavy (non-hydrogen) atoms. The van der Waals surface area contributed by atoms with Gasteiger partial charge in [0.05, 0.1) is 13.1 Å². The maximum absolute atomic E-state index is 13.2. The van der Waals surface area contributed by atoms with E-state index in [0.717, 1.165) is 5.56 Å². The molecule has 0 spiro atoms. The number of hydrogen-bond acceptors (Lipinski definition) is 3. The molecule has 0 fully saturated rings. The fourth-order valence-electron chi connectivity index (χ4n) is 2.61. The number of hydrogen-bond donors (Lipinski definition) is 1. The summed E-state index contributed by atoms with van der Waals surface area (Å²) in [6.07, 6.45) is 3.58. The van der Waals surface area contributed by atoms with Crippen LogP contribution in [0.4, 0.5) is 10.1 Å². The summed E-state index contributed by atoms with van der Waals surface area (Å²) in [5.41, 5.74) is 1.85. The summed E-state index contributed by atoms with van der Waals surface area (Å²) in [7, 11) is 1.55. The zero-order valence-corrected chi connectivity index (χ0v) is 14.8. The standard InChI is InChI=1S/C20H19FN4O2/c1-24(14-19(26)23-18-5-2-4-17(21)12-18)20(27)16-8-6-15(7-9-16)13-25-11-3-10-22-25/h2-12H,13-14H2,1H3,(H,23,26). The van der Waals surface area contributed by atoms with Crippen molar-refractivity contribution in [2.75, 3.05) is 18.9 Å². The van der Waals surface area contributed by atoms with Crippen LogP contribution in [0.5, 0.6) is 0 Å². The first-order valence-corrected chi connectivity index (χ1v) is 8.38. The number of rotatable bonds is 6. The number of anilines is 1. The molecule has 2 amide bonds. The van der Waals surface area contributed by atoms with Gasteiger partial charge in [-0.1, -0.05) is 18.2 Å². The smallest absolute Gasteiger partial charge is 0.254 e. The van der Waals surface area contributed by atoms with Gasteiger partial charge >= 0.3 is 0 Å². The van der Waals surface area contributed by atoms with Gasteiger partial charge in [-0.2, -0.15) is 5.10 Å². The largest absolute Gasteiger partial charge is 0.332 e. The maximum Gasteiger partial charge on any atom is 0.254 e. The van der Waals surface area contributed by atoms with Gasteiger partial charge in [-0.25, -0.2) is 4.39 Å². The molecule has 0 saturated carbocycles. The van der Waals surface area contributed by atoms with Crippen LogP contribution in [0, 0.1) is 5.82 Å². The van der Waals surface area contributed by atoms with Gasteiger partial charge in [0.1, 0.15) is 5.82 Å². The number of carbonyl (C=O) groups excluding carboxylic acids is 2. The summed E-state index contributed by atoms with van der Waals surface area (Å²) < 4.78 is 15.0. The molecule has 1 heterocycles. The molecule has 0 aliphatic rings. The number of nitrogens with one attached hydrogen (secondary N) is 1. The summed E-state index contributed by atoms with van der Waals surface area (Å²) in [5.74, 6) is -1.10. The topological polar surface area (TPSA) is 67.2 Å². The second-order valence-electron chi connectivity index (χ2n) is 6.12. The lowest BCUT2D eigenvalue weighted by atomic mass is 10.1. The summed E-state index contributed by atoms with van der Waals surface area (Å²) in [6.45, 7) is 0.484. The first kappa shape index (κ1) is 18.3. The van der Waals surface area contributed by atoms with Crippen LogP contribution < -0.4 is 5.32 Å². The van der Waals surface area contributed by atoms with Gasteiger partial charge in [0.25, 0.3) is 5.91 Å². The molecule has 138 valence electrons. The fraction of sp³-hybridized carbons (Fsp3) is 0.150. The third kappa shape index (κ3) is 5.01. The Bertz CT molecular complexity index is 923. The van der Waals surface area contributed by atoms with E-state index in [9.17, 15) is 14.0 Å². The molecular formula is C20H19FN4O2. The van der Waals surface area contributed by atoms with Gasteiger partial charge in [0.15, 0.2) is 0 Å². The summed E-state index contributed by atoms with van der Waals surface area (Å²) in [6, 6.07) is 14.6. The van der Waals surface area contributed by atoms with Gasteiger partial charge in [-0.3, -0.25) is 14.3 Å². The van der Waals surface area contributed by atoms with Crippen molar-refractivity contribution in [1.29, 1.82) is 0 Å². The third-order valence-electron chi connectivity index (χ3n) is 3.94. The lowest BCUT2D eigenvalue weighted by Gasteiger charge is -2.17. The number of aromatic nitrogens is 2. The molecule has 7 heteroatoms. The number of benzene rings is 2. The Hall–Kier alpha value is -3.48. The van der Waals surface area contributed by atoms with Gasteiger partial charge in [0.2, 0.25) is 5.91 Å². The highest BCUT2D eigenvalue weighted by Crippen LogP contribution is 2.11. The van der Waals surface area contributed by atoms with Crippen molar-refractivity contribution in [3.8, 4) is 0 Å². The van der Waals surface area contributed by atoms with Crippen molar-refractivity contribution in [2.45, 2.75) is 6.54 Å². The molecular weight excluding hydrogens is 347 g/mol. The van der Waals surface area contributed by atoms with Crippen LogP contribution >= 0.6 is 0 Å². The molecule has 6 nitrogen and oxygen atoms in total. The monoisotopic (exact) mass is 366 g/mol. The van der Waals surface area contributed by atoms with E-state index in [0.29, 0.717) is 17.8 Å². The third-order valence-corrected chi connectivity index (χ3v) is 3.94. The molecule has 0 aliphatic heterocycles. The minimum atomic E-state index is -0.438. The van der Waals surface area contributed by atoms with E-state index < -0.39 is 11.7 Å². The SMILES string of the molecule is CN(CC(=O)Nc1cccc(F)c1)C(=O)c1ccc(Cn2cccn2)cc1. The molecule has 0 unspecified atom stereocenters. The number of amides is 2. The number of carbonyl (C=O) groups is 2. The van der Waals surface area contributed by atoms with Crippen molar-refractivity contribution in [2.24, 2.45) is 0 Å². The van der Waals surface area contributed by atoms with Crippen LogP contribution in [0.2, 0.25) is 0 Å². The quantitative estimate of drug-likeness (QED) is 0.729. The van der Waals surface area contributed by atoms with E-state index in [1.54, 1.807) is 36.1 Å². The first-order valence-electron chi connectivity index (χ1n) is 8.38. The Kier molecular flexibility index (Phi) is 5.61. The minimum absolute atomic E-state index is 0.135. The van der Waals surface area contributed by atoms with E-state index in [1.807, 2.05) is 24.4 Å². The van der Waals surface area contributed by atoms with E-state index in [4.69, 9.17) is 0 Å². The van der Waals surface area contributed by atoms with Crippen LogP contribution in [0.1, 0.15) is 15.9 Å². The fourth-order valence-corrected chi connectivity index (χ4v) is 2.61. The highest BCUT2D eigenvalue weighted by atomic mass is 19.1. The van der Waals surface area contributed by atoms with E-state index in [1.165, 1.54) is 23.1 Å². The summed E-state index contributed by atoms with van der Waals surface area (Å²) >= 11 is 0. The summed E-state index contributed by atoms with van der Waals surface area (Å²) in [5, 5.41) is 6.71. The Balaban J connectivity index is 1.57. The van der Waals surface area contributed by atoms with Crippen molar-refractivity contribution in [3.63, 3.8) is 0 Å². The minimum Gasteiger partial charge on any atom is -0.332 e. The van der Waals surface area contributed by atoms with Crippen molar-refractivity contribution < 1.29 is 14.0 Å². The zero-order valence-electron chi connectivity index (χ0n) is 14.8. The van der Waals surface area contributed by atoms with Crippen LogP contribution in [-0.2, 0) is 11.3 Å². The van der Waals surface area contributed by atoms with Crippen molar-refractivity contribution in [3.05, 3.63) is 83.9 Å². The molecule has 2 aromatic carbocycles. The van der Waals surface area contributed by atoms with E-state index in [-0.39, 0.29) is 12.5 Å². The van der Waals surface area contributed by atoms with Crippen molar-refractivity contribution >= 4 is 17.5 Å². The number of likely N-dealkylation sites (N-methyl/N-ethyl adjacent to an activating group) is 1. The van der Waals surface area contributed by atoms with E-state index >= 15 is 0 Å². The molecule has 0 radical (unpaired) electrons. The molecule has 3 rings (SSSR count). The van der Waals surface area contributed by atoms with Crippen LogP contribution in [-0.4, -0.2) is 40.1 Å². The Morgan fingerprint density at radius 2 is 1.93 bits per heavy atom. The van der Waals surface area contributed by atoms with Gasteiger partial charge in [-0.15, -0.1) is 0 Å². The lowest BCUT2D eigenvalue weighted by Crippen LogP contribution is -2.34. The normalized spacial score (nSPS) is 10.4. The van der Waals surface area contributed by atoms with Gasteiger partial charge in [0, 0.05) is 30.7 Å². The Labute approximate surface area is 156 Å². The second-order valence-corrected chi connectivity index (χ2v) is 6.12. The highest BCUT2D eigenvalue weighted by molar-refractivity contribution is 5.99. The average Bonchev–Trinajstić information content (AvgIpc) is 3.14. The van der Waals surface area contributed by atoms with Crippen LogP contribution in [0.3, 0.4) is 0 Å². The van der Waals surface area contributed by atoms with Crippen LogP contribution in [0.15, 0.2) is 67.0 Å². The average molecular weight is 366 g/mol. The molecule has 0 atom stereocenters. The molecule has 1 N–H and O–H groups in total. The highest BCUT2D eigenvalue weighted by Gasteiger charge is 2.15. The predicted molar refractivity (Wildman–Crippen MR) is 99.8 cm³/mol. The molecule has 0 aliphatic carbocycles. The molecule has 0 saturated heterocycles. The van der Waals surface area contributed by atoms with Gasteiger partial charge < -0.3 is 10.2 Å². The summed E-state index contributed by atoms with van der Waals surface area (Å²) in [4.78, 5) is 25.9. The second kappa shape index (κ2) is 8.27. The molecule has 1 aromatic heterocycles. The maximum atomic E-state index is 13.2. The number of nitrogens with zero attached hydrogens (tertiary/aromatic N) is 3. The zero-order chi connectivity index (χ0) is 19.2. The predicted octanol–water partition coefficient (Wildman–Crippen LogP) is 2.78. The van der Waals surface area contributed by atoms with Crippen LogP contribution in [0.25, 0.3) is 0 Å². The Morgan fingerprint density at radius 1 is 1.15 bits per heavy atom. The lowest BCUT2D eigenvalue weighted by molar-refractivity contribution is -0.116. The molecule has 3 aromatic rings. The van der Waals surface area contributed by atoms with Crippen molar-refractivity contribution in [1.82, 2.24) is 14.7 Å². The first-order chi connectivity index (χ1) is 13.0.